The molecule has 1 fully saturated rings. The Balaban J connectivity index is 2.15. The maximum Gasteiger partial charge on any atom is 0.488 e. The van der Waals surface area contributed by atoms with E-state index in [1.165, 1.54) is 0 Å². The molecule has 0 bridgehead atoms. The van der Waals surface area contributed by atoms with Crippen molar-refractivity contribution in [3.8, 4) is 0 Å². The molecule has 2 atom stereocenters. The van der Waals surface area contributed by atoms with E-state index in [0.29, 0.717) is 5.46 Å². The van der Waals surface area contributed by atoms with Gasteiger partial charge in [-0.3, -0.25) is 0 Å². The third-order valence-corrected chi connectivity index (χ3v) is 3.07. The summed E-state index contributed by atoms with van der Waals surface area (Å²) in [4.78, 5) is 0. The van der Waals surface area contributed by atoms with Crippen molar-refractivity contribution in [2.45, 2.75) is 45.2 Å². The van der Waals surface area contributed by atoms with Crippen LogP contribution in [0, 0.1) is 0 Å². The van der Waals surface area contributed by atoms with E-state index in [2.05, 4.69) is 0 Å². The van der Waals surface area contributed by atoms with Crippen molar-refractivity contribution in [2.24, 2.45) is 0 Å². The molecule has 1 heterocycles. The molecular formula is C13H19BO4. The number of hydrogen-bond acceptors (Lipinski definition) is 4. The Hall–Kier alpha value is -0.875. The molecule has 0 aromatic heterocycles. The summed E-state index contributed by atoms with van der Waals surface area (Å²) >= 11 is 0. The molecule has 1 aromatic carbocycles. The molecule has 1 aromatic rings. The topological polar surface area (TPSA) is 58.9 Å². The Morgan fingerprint density at radius 1 is 1.22 bits per heavy atom. The summed E-state index contributed by atoms with van der Waals surface area (Å²) in [5.41, 5.74) is 1.14. The van der Waals surface area contributed by atoms with E-state index >= 15 is 0 Å². The first kappa shape index (κ1) is 13.6. The second-order valence-corrected chi connectivity index (χ2v) is 5.40. The summed E-state index contributed by atoms with van der Waals surface area (Å²) in [5, 5.41) is 18.1. The second kappa shape index (κ2) is 5.01. The Morgan fingerprint density at radius 2 is 1.83 bits per heavy atom. The first-order chi connectivity index (χ1) is 8.37. The molecule has 0 amide bonds. The lowest BCUT2D eigenvalue weighted by atomic mass is 9.80. The Labute approximate surface area is 108 Å². The van der Waals surface area contributed by atoms with Crippen LogP contribution in [-0.2, 0) is 9.47 Å². The lowest BCUT2D eigenvalue weighted by Gasteiger charge is -2.39. The molecule has 1 aliphatic rings. The van der Waals surface area contributed by atoms with E-state index in [9.17, 15) is 0 Å². The largest absolute Gasteiger partial charge is 0.488 e. The quantitative estimate of drug-likeness (QED) is 0.768. The minimum Gasteiger partial charge on any atom is -0.423 e. The van der Waals surface area contributed by atoms with E-state index in [0.717, 1.165) is 12.0 Å². The van der Waals surface area contributed by atoms with Gasteiger partial charge in [-0.15, -0.1) is 0 Å². The molecule has 5 heteroatoms. The highest BCUT2D eigenvalue weighted by atomic mass is 16.7. The van der Waals surface area contributed by atoms with Crippen molar-refractivity contribution in [1.82, 2.24) is 0 Å². The predicted molar refractivity (Wildman–Crippen MR) is 69.3 cm³/mol. The number of rotatable bonds is 2. The van der Waals surface area contributed by atoms with Crippen LogP contribution in [0.15, 0.2) is 24.3 Å². The van der Waals surface area contributed by atoms with E-state index in [-0.39, 0.29) is 11.7 Å². The molecule has 0 spiro atoms. The molecule has 0 saturated carbocycles. The Morgan fingerprint density at radius 3 is 2.33 bits per heavy atom. The average molecular weight is 250 g/mol. The molecule has 98 valence electrons. The van der Waals surface area contributed by atoms with Gasteiger partial charge in [0.05, 0.1) is 11.7 Å². The van der Waals surface area contributed by atoms with Gasteiger partial charge < -0.3 is 19.5 Å². The van der Waals surface area contributed by atoms with Crippen LogP contribution in [0.2, 0.25) is 0 Å². The molecule has 4 nitrogen and oxygen atoms in total. The first-order valence-electron chi connectivity index (χ1n) is 6.17. The van der Waals surface area contributed by atoms with Gasteiger partial charge >= 0.3 is 7.12 Å². The zero-order valence-corrected chi connectivity index (χ0v) is 11.0. The Kier molecular flexibility index (Phi) is 3.78. The first-order valence-corrected chi connectivity index (χ1v) is 6.17. The maximum absolute atomic E-state index is 9.04. The van der Waals surface area contributed by atoms with Crippen LogP contribution in [0.1, 0.15) is 39.0 Å². The third kappa shape index (κ3) is 3.11. The fourth-order valence-corrected chi connectivity index (χ4v) is 2.29. The fraction of sp³-hybridized carbons (Fsp3) is 0.538. The van der Waals surface area contributed by atoms with Gasteiger partial charge in [0.2, 0.25) is 0 Å². The number of hydrogen-bond donors (Lipinski definition) is 2. The Bertz CT molecular complexity index is 402. The highest BCUT2D eigenvalue weighted by Crippen LogP contribution is 2.35. The van der Waals surface area contributed by atoms with Gasteiger partial charge in [0.1, 0.15) is 0 Å². The highest BCUT2D eigenvalue weighted by Gasteiger charge is 2.34. The van der Waals surface area contributed by atoms with E-state index in [1.54, 1.807) is 24.3 Å². The zero-order chi connectivity index (χ0) is 13.3. The molecule has 0 aliphatic carbocycles. The van der Waals surface area contributed by atoms with Crippen LogP contribution in [-0.4, -0.2) is 28.9 Å². The van der Waals surface area contributed by atoms with E-state index < -0.39 is 13.4 Å². The van der Waals surface area contributed by atoms with Crippen molar-refractivity contribution in [2.75, 3.05) is 0 Å². The van der Waals surface area contributed by atoms with Gasteiger partial charge in [-0.25, -0.2) is 0 Å². The fourth-order valence-electron chi connectivity index (χ4n) is 2.29. The van der Waals surface area contributed by atoms with Crippen LogP contribution >= 0.6 is 0 Å². The summed E-state index contributed by atoms with van der Waals surface area (Å²) in [6.07, 6.45) is 0.604. The van der Waals surface area contributed by atoms with Gasteiger partial charge in [0.25, 0.3) is 0 Å². The lowest BCUT2D eigenvalue weighted by Crippen LogP contribution is -2.39. The average Bonchev–Trinajstić information content (AvgIpc) is 2.26. The number of ether oxygens (including phenoxy) is 2. The minimum atomic E-state index is -1.44. The van der Waals surface area contributed by atoms with Crippen molar-refractivity contribution < 1.29 is 19.5 Å². The molecule has 1 aliphatic heterocycles. The smallest absolute Gasteiger partial charge is 0.423 e. The van der Waals surface area contributed by atoms with Crippen molar-refractivity contribution >= 4 is 12.6 Å². The number of benzene rings is 1. The van der Waals surface area contributed by atoms with Crippen LogP contribution in [0.25, 0.3) is 0 Å². The highest BCUT2D eigenvalue weighted by molar-refractivity contribution is 6.58. The zero-order valence-electron chi connectivity index (χ0n) is 11.0. The van der Waals surface area contributed by atoms with Gasteiger partial charge in [-0.1, -0.05) is 24.3 Å². The summed E-state index contributed by atoms with van der Waals surface area (Å²) in [6.45, 7) is 6.12. The predicted octanol–water partition coefficient (Wildman–Crippen LogP) is 0.969. The van der Waals surface area contributed by atoms with Crippen LogP contribution in [0.5, 0.6) is 0 Å². The van der Waals surface area contributed by atoms with Crippen molar-refractivity contribution in [3.05, 3.63) is 29.8 Å². The van der Waals surface area contributed by atoms with Crippen LogP contribution in [0.3, 0.4) is 0 Å². The molecule has 18 heavy (non-hydrogen) atoms. The van der Waals surface area contributed by atoms with E-state index in [4.69, 9.17) is 19.5 Å². The molecule has 0 radical (unpaired) electrons. The monoisotopic (exact) mass is 250 g/mol. The van der Waals surface area contributed by atoms with Crippen LogP contribution < -0.4 is 5.46 Å². The lowest BCUT2D eigenvalue weighted by molar-refractivity contribution is -0.273. The van der Waals surface area contributed by atoms with Crippen molar-refractivity contribution in [3.63, 3.8) is 0 Å². The third-order valence-electron chi connectivity index (χ3n) is 3.07. The molecule has 1 saturated heterocycles. The molecular weight excluding hydrogens is 231 g/mol. The molecule has 2 N–H and O–H groups in total. The van der Waals surface area contributed by atoms with Crippen molar-refractivity contribution in [1.29, 1.82) is 0 Å². The molecule has 0 unspecified atom stereocenters. The van der Waals surface area contributed by atoms with Gasteiger partial charge in [-0.05, 0) is 26.2 Å². The van der Waals surface area contributed by atoms with Gasteiger partial charge in [0.15, 0.2) is 6.29 Å². The van der Waals surface area contributed by atoms with Crippen LogP contribution in [0.4, 0.5) is 0 Å². The minimum absolute atomic E-state index is 0.141. The van der Waals surface area contributed by atoms with Gasteiger partial charge in [-0.2, -0.15) is 0 Å². The summed E-state index contributed by atoms with van der Waals surface area (Å²) in [6, 6.07) is 6.93. The second-order valence-electron chi connectivity index (χ2n) is 5.40. The standard InChI is InChI=1S/C13H19BO4/c1-9-8-13(2,3)18-12(17-9)10-4-6-11(7-5-10)14(15)16/h4-7,9,12,15-16H,8H2,1-3H3/t9-,12+/m0/s1. The van der Waals surface area contributed by atoms with E-state index in [1.807, 2.05) is 20.8 Å². The maximum atomic E-state index is 9.04. The molecule has 2 rings (SSSR count). The summed E-state index contributed by atoms with van der Waals surface area (Å²) < 4.78 is 11.6. The normalized spacial score (nSPS) is 26.9. The summed E-state index contributed by atoms with van der Waals surface area (Å²) in [7, 11) is -1.44. The summed E-state index contributed by atoms with van der Waals surface area (Å²) in [5.74, 6) is 0. The van der Waals surface area contributed by atoms with Gasteiger partial charge in [0, 0.05) is 12.0 Å². The SMILES string of the molecule is C[C@H]1CC(C)(C)O[C@H](c2ccc(B(O)O)cc2)O1.